The zero-order valence-corrected chi connectivity index (χ0v) is 14.6. The smallest absolute Gasteiger partial charge is 0.204 e. The number of aliphatic imine (C=N–C) groups is 1. The van der Waals surface area contributed by atoms with E-state index in [2.05, 4.69) is 16.9 Å². The van der Waals surface area contributed by atoms with E-state index in [1.54, 1.807) is 18.5 Å². The number of carbonyl (C=O) groups is 1. The lowest BCUT2D eigenvalue weighted by Gasteiger charge is -2.38. The molecule has 0 amide bonds. The van der Waals surface area contributed by atoms with Crippen LogP contribution >= 0.6 is 0 Å². The van der Waals surface area contributed by atoms with E-state index in [1.807, 2.05) is 18.3 Å². The van der Waals surface area contributed by atoms with Gasteiger partial charge in [0.25, 0.3) is 0 Å². The van der Waals surface area contributed by atoms with E-state index in [0.717, 1.165) is 23.0 Å². The predicted molar refractivity (Wildman–Crippen MR) is 98.0 cm³/mol. The molecule has 4 nitrogen and oxygen atoms in total. The van der Waals surface area contributed by atoms with Gasteiger partial charge in [-0.15, -0.1) is 0 Å². The zero-order chi connectivity index (χ0) is 17.0. The molecular formula is C21H23N3O. The summed E-state index contributed by atoms with van der Waals surface area (Å²) in [5.74, 6) is 2.34. The number of pyridine rings is 1. The molecule has 4 fully saturated rings. The molecule has 0 N–H and O–H groups in total. The van der Waals surface area contributed by atoms with Gasteiger partial charge in [-0.2, -0.15) is 0 Å². The molecule has 0 spiro atoms. The maximum absolute atomic E-state index is 12.4. The molecule has 0 aromatic carbocycles. The summed E-state index contributed by atoms with van der Waals surface area (Å²) in [5, 5.41) is 0. The van der Waals surface area contributed by atoms with Crippen molar-refractivity contribution in [3.63, 3.8) is 0 Å². The van der Waals surface area contributed by atoms with Crippen LogP contribution in [0.1, 0.15) is 43.2 Å². The fourth-order valence-electron chi connectivity index (χ4n) is 5.46. The fraction of sp³-hybridized carbons (Fsp3) is 0.476. The lowest BCUT2D eigenvalue weighted by molar-refractivity contribution is -0.108. The molecule has 2 unspecified atom stereocenters. The highest BCUT2D eigenvalue weighted by atomic mass is 16.1. The van der Waals surface area contributed by atoms with Gasteiger partial charge >= 0.3 is 0 Å². The number of fused-ring (bicyclic) bond motifs is 2. The van der Waals surface area contributed by atoms with E-state index in [0.29, 0.717) is 17.7 Å². The third-order valence-corrected chi connectivity index (χ3v) is 6.57. The third kappa shape index (κ3) is 2.46. The van der Waals surface area contributed by atoms with Gasteiger partial charge in [0.15, 0.2) is 0 Å². The van der Waals surface area contributed by atoms with Gasteiger partial charge in [-0.1, -0.05) is 6.08 Å². The molecule has 1 aromatic rings. The predicted octanol–water partition coefficient (Wildman–Crippen LogP) is 3.45. The van der Waals surface area contributed by atoms with Crippen LogP contribution in [0.15, 0.2) is 41.4 Å². The molecule has 4 heteroatoms. The molecule has 5 aliphatic rings. The van der Waals surface area contributed by atoms with Crippen molar-refractivity contribution in [2.45, 2.75) is 38.1 Å². The zero-order valence-electron chi connectivity index (χ0n) is 14.6. The van der Waals surface area contributed by atoms with Crippen LogP contribution in [0.25, 0.3) is 6.08 Å². The fourth-order valence-corrected chi connectivity index (χ4v) is 5.46. The van der Waals surface area contributed by atoms with Crippen LogP contribution in [0.5, 0.6) is 0 Å². The van der Waals surface area contributed by atoms with Crippen molar-refractivity contribution >= 4 is 17.6 Å². The number of carbonyl (C=O) groups excluding carboxylic acids is 1. The molecule has 6 rings (SSSR count). The normalized spacial score (nSPS) is 36.2. The first-order valence-corrected chi connectivity index (χ1v) is 9.36. The van der Waals surface area contributed by atoms with Crippen molar-refractivity contribution < 1.29 is 4.79 Å². The minimum absolute atomic E-state index is 0.0283. The Morgan fingerprint density at radius 1 is 1.16 bits per heavy atom. The number of hydrogen-bond acceptors (Lipinski definition) is 4. The molecule has 128 valence electrons. The quantitative estimate of drug-likeness (QED) is 0.791. The van der Waals surface area contributed by atoms with Crippen LogP contribution < -0.4 is 0 Å². The van der Waals surface area contributed by atoms with E-state index in [1.165, 1.54) is 37.8 Å². The second-order valence-corrected chi connectivity index (χ2v) is 8.06. The molecule has 2 saturated carbocycles. The van der Waals surface area contributed by atoms with Crippen molar-refractivity contribution in [2.75, 3.05) is 7.05 Å². The average molecular weight is 333 g/mol. The number of nitrogens with zero attached hydrogens (tertiary/aromatic N) is 3. The number of hydrogen-bond donors (Lipinski definition) is 0. The highest BCUT2D eigenvalue weighted by Crippen LogP contribution is 2.50. The number of aromatic nitrogens is 1. The second-order valence-electron chi connectivity index (χ2n) is 8.06. The molecule has 4 bridgehead atoms. The lowest BCUT2D eigenvalue weighted by Crippen LogP contribution is -2.34. The van der Waals surface area contributed by atoms with Crippen LogP contribution in [0.3, 0.4) is 0 Å². The Balaban J connectivity index is 1.55. The van der Waals surface area contributed by atoms with Crippen LogP contribution in [0.4, 0.5) is 0 Å². The number of allylic oxidation sites excluding steroid dienone is 2. The minimum atomic E-state index is -0.0283. The summed E-state index contributed by atoms with van der Waals surface area (Å²) in [6, 6.07) is 2.58. The Morgan fingerprint density at radius 3 is 2.76 bits per heavy atom. The van der Waals surface area contributed by atoms with Crippen molar-refractivity contribution in [3.05, 3.63) is 47.6 Å². The van der Waals surface area contributed by atoms with Gasteiger partial charge in [0.05, 0.1) is 0 Å². The van der Waals surface area contributed by atoms with Crippen molar-refractivity contribution in [1.82, 2.24) is 9.88 Å². The molecule has 3 aliphatic carbocycles. The number of ketones is 1. The summed E-state index contributed by atoms with van der Waals surface area (Å²) in [4.78, 5) is 23.7. The highest BCUT2D eigenvalue weighted by Gasteiger charge is 2.43. The monoisotopic (exact) mass is 333 g/mol. The van der Waals surface area contributed by atoms with Crippen LogP contribution in [0.2, 0.25) is 0 Å². The Kier molecular flexibility index (Phi) is 3.40. The third-order valence-electron chi connectivity index (χ3n) is 6.57. The molecule has 0 radical (unpaired) electrons. The van der Waals surface area contributed by atoms with Gasteiger partial charge in [0, 0.05) is 48.9 Å². The number of rotatable bonds is 1. The van der Waals surface area contributed by atoms with Crippen molar-refractivity contribution in [3.8, 4) is 0 Å². The summed E-state index contributed by atoms with van der Waals surface area (Å²) < 4.78 is 0. The summed E-state index contributed by atoms with van der Waals surface area (Å²) in [6.07, 6.45) is 15.6. The molecule has 2 saturated heterocycles. The first-order valence-electron chi connectivity index (χ1n) is 9.36. The van der Waals surface area contributed by atoms with Crippen LogP contribution in [-0.2, 0) is 4.79 Å². The Hall–Kier alpha value is -2.23. The van der Waals surface area contributed by atoms with Crippen LogP contribution in [-0.4, -0.2) is 34.5 Å². The standard InChI is InChI=1S/C21H23N3O/c1-24-17-9-13-6-14(10-17)8-16(7-13)19(24)12-23-21-18-11-22-5-4-15(18)2-3-20(21)25/h2-5,11-14,16-17H,6-10H2,1H3/b19-12+,23-21?/t13-,14+,16?,17?. The second kappa shape index (κ2) is 5.65. The van der Waals surface area contributed by atoms with Crippen molar-refractivity contribution in [2.24, 2.45) is 22.7 Å². The van der Waals surface area contributed by atoms with Gasteiger partial charge < -0.3 is 4.90 Å². The molecule has 1 aromatic heterocycles. The largest absolute Gasteiger partial charge is 0.373 e. The topological polar surface area (TPSA) is 45.6 Å². The maximum Gasteiger partial charge on any atom is 0.204 e. The maximum atomic E-state index is 12.4. The first kappa shape index (κ1) is 15.1. The first-order chi connectivity index (χ1) is 12.2. The van der Waals surface area contributed by atoms with E-state index < -0.39 is 0 Å². The SMILES string of the molecule is CN1/C(=C/N=C2C(=O)C=Cc3ccncc32)C2C[C@@H]3CC1C[C@H](C2)C3. The summed E-state index contributed by atoms with van der Waals surface area (Å²) in [5.41, 5.74) is 3.71. The van der Waals surface area contributed by atoms with E-state index in [4.69, 9.17) is 4.99 Å². The Labute approximate surface area is 148 Å². The molecule has 3 heterocycles. The van der Waals surface area contributed by atoms with Gasteiger partial charge in [-0.25, -0.2) is 0 Å². The van der Waals surface area contributed by atoms with Gasteiger partial charge in [0.1, 0.15) is 5.71 Å². The summed E-state index contributed by atoms with van der Waals surface area (Å²) >= 11 is 0. The van der Waals surface area contributed by atoms with Gasteiger partial charge in [-0.3, -0.25) is 14.8 Å². The minimum Gasteiger partial charge on any atom is -0.373 e. The lowest BCUT2D eigenvalue weighted by atomic mass is 9.68. The molecule has 4 atom stereocenters. The summed E-state index contributed by atoms with van der Waals surface area (Å²) in [6.45, 7) is 0. The highest BCUT2D eigenvalue weighted by molar-refractivity contribution is 6.52. The van der Waals surface area contributed by atoms with Crippen LogP contribution in [0, 0.1) is 17.8 Å². The summed E-state index contributed by atoms with van der Waals surface area (Å²) in [7, 11) is 2.22. The Bertz CT molecular complexity index is 808. The van der Waals surface area contributed by atoms with E-state index >= 15 is 0 Å². The molecule has 25 heavy (non-hydrogen) atoms. The van der Waals surface area contributed by atoms with E-state index in [9.17, 15) is 4.79 Å². The van der Waals surface area contributed by atoms with Gasteiger partial charge in [0.2, 0.25) is 5.78 Å². The van der Waals surface area contributed by atoms with Gasteiger partial charge in [-0.05, 0) is 61.6 Å². The van der Waals surface area contributed by atoms with E-state index in [-0.39, 0.29) is 5.78 Å². The average Bonchev–Trinajstić information content (AvgIpc) is 2.75. The molecular weight excluding hydrogens is 310 g/mol. The van der Waals surface area contributed by atoms with Crippen molar-refractivity contribution in [1.29, 1.82) is 0 Å². The molecule has 2 aliphatic heterocycles. The Morgan fingerprint density at radius 2 is 1.96 bits per heavy atom.